The Balaban J connectivity index is 1.54. The number of Topliss-reactive ketones (excluding diaryl/α,β-unsaturated/α-hetero) is 1. The van der Waals surface area contributed by atoms with E-state index < -0.39 is 29.3 Å². The van der Waals surface area contributed by atoms with Gasteiger partial charge in [-0.15, -0.1) is 10.2 Å². The molecule has 7 nitrogen and oxygen atoms in total. The molecule has 4 aromatic rings. The predicted molar refractivity (Wildman–Crippen MR) is 136 cm³/mol. The molecule has 2 aromatic heterocycles. The van der Waals surface area contributed by atoms with E-state index in [2.05, 4.69) is 15.2 Å². The standard InChI is InChI=1S/C26H19FN4O3S2/c1-15-6-8-16(9-7-15)14-35-26-30-29-25(36-26)31-21(18-4-2-3-5-19(18)27)20(23(33)24(31)34)22(32)17-10-12-28-13-11-17/h2-13,21,32H,14H2,1H3. The van der Waals surface area contributed by atoms with E-state index >= 15 is 0 Å². The number of benzene rings is 2. The number of ketones is 1. The Morgan fingerprint density at radius 3 is 2.50 bits per heavy atom. The van der Waals surface area contributed by atoms with Crippen molar-refractivity contribution in [2.75, 3.05) is 4.90 Å². The van der Waals surface area contributed by atoms with Crippen LogP contribution in [0.15, 0.2) is 83.0 Å². The second-order valence-electron chi connectivity index (χ2n) is 8.05. The SMILES string of the molecule is Cc1ccc(CSc2nnc(N3C(=O)C(=O)C(=C(O)c4ccncc4)C3c3ccccc3F)s2)cc1. The van der Waals surface area contributed by atoms with Gasteiger partial charge in [-0.1, -0.05) is 71.1 Å². The van der Waals surface area contributed by atoms with Crippen LogP contribution in [0.25, 0.3) is 5.76 Å². The normalized spacial score (nSPS) is 17.1. The topological polar surface area (TPSA) is 96.3 Å². The number of nitrogens with zero attached hydrogens (tertiary/aromatic N) is 4. The number of anilines is 1. The Kier molecular flexibility index (Phi) is 6.62. The fourth-order valence-electron chi connectivity index (χ4n) is 3.87. The van der Waals surface area contributed by atoms with Crippen LogP contribution >= 0.6 is 23.1 Å². The highest BCUT2D eigenvalue weighted by atomic mass is 32.2. The van der Waals surface area contributed by atoms with Crippen molar-refractivity contribution in [2.45, 2.75) is 23.1 Å². The van der Waals surface area contributed by atoms with Crippen LogP contribution in [0.4, 0.5) is 9.52 Å². The van der Waals surface area contributed by atoms with Crippen molar-refractivity contribution < 1.29 is 19.1 Å². The summed E-state index contributed by atoms with van der Waals surface area (Å²) in [4.78, 5) is 31.4. The molecule has 1 amide bonds. The van der Waals surface area contributed by atoms with Crippen LogP contribution in [0.2, 0.25) is 0 Å². The third-order valence-corrected chi connectivity index (χ3v) is 7.81. The molecule has 1 saturated heterocycles. The number of hydrogen-bond acceptors (Lipinski definition) is 8. The Labute approximate surface area is 214 Å². The Morgan fingerprint density at radius 1 is 1.06 bits per heavy atom. The van der Waals surface area contributed by atoms with E-state index in [0.717, 1.165) is 27.4 Å². The molecule has 3 heterocycles. The molecule has 36 heavy (non-hydrogen) atoms. The number of halogens is 1. The lowest BCUT2D eigenvalue weighted by molar-refractivity contribution is -0.132. The van der Waals surface area contributed by atoms with E-state index in [9.17, 15) is 19.1 Å². The molecule has 0 radical (unpaired) electrons. The maximum absolute atomic E-state index is 15.0. The van der Waals surface area contributed by atoms with Crippen molar-refractivity contribution in [3.8, 4) is 0 Å². The van der Waals surface area contributed by atoms with E-state index in [1.807, 2.05) is 31.2 Å². The highest BCUT2D eigenvalue weighted by Crippen LogP contribution is 2.44. The smallest absolute Gasteiger partial charge is 0.301 e. The molecule has 1 fully saturated rings. The number of thioether (sulfide) groups is 1. The molecule has 5 rings (SSSR count). The molecule has 2 aromatic carbocycles. The van der Waals surface area contributed by atoms with E-state index in [-0.39, 0.29) is 21.8 Å². The number of hydrogen-bond donors (Lipinski definition) is 1. The van der Waals surface area contributed by atoms with Gasteiger partial charge in [-0.3, -0.25) is 19.5 Å². The van der Waals surface area contributed by atoms with Gasteiger partial charge in [0.25, 0.3) is 5.78 Å². The summed E-state index contributed by atoms with van der Waals surface area (Å²) in [5, 5.41) is 19.5. The first kappa shape index (κ1) is 23.8. The molecule has 1 aliphatic heterocycles. The zero-order chi connectivity index (χ0) is 25.2. The number of aryl methyl sites for hydroxylation is 1. The van der Waals surface area contributed by atoms with E-state index in [1.54, 1.807) is 6.07 Å². The van der Waals surface area contributed by atoms with E-state index in [1.165, 1.54) is 54.5 Å². The monoisotopic (exact) mass is 518 g/mol. The van der Waals surface area contributed by atoms with Crippen LogP contribution in [0.3, 0.4) is 0 Å². The number of aliphatic hydroxyl groups is 1. The molecule has 0 saturated carbocycles. The molecule has 180 valence electrons. The van der Waals surface area contributed by atoms with Crippen molar-refractivity contribution in [3.63, 3.8) is 0 Å². The van der Waals surface area contributed by atoms with E-state index in [4.69, 9.17) is 0 Å². The number of aromatic nitrogens is 3. The van der Waals surface area contributed by atoms with Gasteiger partial charge in [-0.05, 0) is 30.7 Å². The quantitative estimate of drug-likeness (QED) is 0.122. The average Bonchev–Trinajstić information content (AvgIpc) is 3.46. The number of carbonyl (C=O) groups excluding carboxylic acids is 2. The highest BCUT2D eigenvalue weighted by molar-refractivity contribution is 8.00. The highest BCUT2D eigenvalue weighted by Gasteiger charge is 2.49. The summed E-state index contributed by atoms with van der Waals surface area (Å²) in [7, 11) is 0. The molecule has 1 aliphatic rings. The lowest BCUT2D eigenvalue weighted by atomic mass is 9.95. The van der Waals surface area contributed by atoms with Crippen molar-refractivity contribution in [2.24, 2.45) is 0 Å². The summed E-state index contributed by atoms with van der Waals surface area (Å²) in [6.07, 6.45) is 2.90. The molecule has 0 aliphatic carbocycles. The van der Waals surface area contributed by atoms with Gasteiger partial charge < -0.3 is 5.11 Å². The lowest BCUT2D eigenvalue weighted by Crippen LogP contribution is -2.29. The van der Waals surface area contributed by atoms with Gasteiger partial charge in [-0.2, -0.15) is 0 Å². The van der Waals surface area contributed by atoms with Gasteiger partial charge in [-0.25, -0.2) is 4.39 Å². The summed E-state index contributed by atoms with van der Waals surface area (Å²) >= 11 is 2.57. The van der Waals surface area contributed by atoms with Crippen LogP contribution in [0, 0.1) is 12.7 Å². The molecule has 1 unspecified atom stereocenters. The summed E-state index contributed by atoms with van der Waals surface area (Å²) in [6.45, 7) is 2.02. The summed E-state index contributed by atoms with van der Waals surface area (Å²) in [5.41, 5.74) is 2.40. The number of pyridine rings is 1. The van der Waals surface area contributed by atoms with Crippen molar-refractivity contribution in [1.29, 1.82) is 0 Å². The van der Waals surface area contributed by atoms with Gasteiger partial charge in [0.1, 0.15) is 17.6 Å². The van der Waals surface area contributed by atoms with Crippen LogP contribution in [0.1, 0.15) is 28.3 Å². The maximum Gasteiger partial charge on any atom is 0.301 e. The minimum atomic E-state index is -1.21. The molecule has 1 N–H and O–H groups in total. The third-order valence-electron chi connectivity index (χ3n) is 5.68. The fraction of sp³-hybridized carbons (Fsp3) is 0.115. The first-order valence-corrected chi connectivity index (χ1v) is 12.7. The van der Waals surface area contributed by atoms with Gasteiger partial charge >= 0.3 is 5.91 Å². The van der Waals surface area contributed by atoms with Crippen LogP contribution in [0.5, 0.6) is 0 Å². The van der Waals surface area contributed by atoms with Gasteiger partial charge in [0.15, 0.2) is 4.34 Å². The Morgan fingerprint density at radius 2 is 1.78 bits per heavy atom. The van der Waals surface area contributed by atoms with Gasteiger partial charge in [0, 0.05) is 29.3 Å². The summed E-state index contributed by atoms with van der Waals surface area (Å²) in [5.74, 6) is -2.22. The molecule has 10 heteroatoms. The Bertz CT molecular complexity index is 1470. The van der Waals surface area contributed by atoms with Crippen LogP contribution in [-0.4, -0.2) is 32.0 Å². The zero-order valence-corrected chi connectivity index (χ0v) is 20.6. The minimum absolute atomic E-state index is 0.0661. The molecular formula is C26H19FN4O3S2. The van der Waals surface area contributed by atoms with Crippen molar-refractivity contribution in [3.05, 3.63) is 107 Å². The predicted octanol–water partition coefficient (Wildman–Crippen LogP) is 5.30. The second kappa shape index (κ2) is 10.00. The third kappa shape index (κ3) is 4.52. The number of aliphatic hydroxyl groups excluding tert-OH is 1. The largest absolute Gasteiger partial charge is 0.507 e. The maximum atomic E-state index is 15.0. The van der Waals surface area contributed by atoms with Crippen LogP contribution in [-0.2, 0) is 15.3 Å². The van der Waals surface area contributed by atoms with Crippen molar-refractivity contribution >= 4 is 45.7 Å². The summed E-state index contributed by atoms with van der Waals surface area (Å²) < 4.78 is 15.6. The zero-order valence-electron chi connectivity index (χ0n) is 19.0. The minimum Gasteiger partial charge on any atom is -0.507 e. The molecule has 0 spiro atoms. The van der Waals surface area contributed by atoms with Gasteiger partial charge in [0.2, 0.25) is 5.13 Å². The van der Waals surface area contributed by atoms with Crippen molar-refractivity contribution in [1.82, 2.24) is 15.2 Å². The first-order valence-electron chi connectivity index (χ1n) is 10.9. The van der Waals surface area contributed by atoms with Crippen LogP contribution < -0.4 is 4.90 Å². The fourth-order valence-corrected chi connectivity index (χ4v) is 5.70. The Hall–Kier alpha value is -3.89. The molecular weight excluding hydrogens is 499 g/mol. The lowest BCUT2D eigenvalue weighted by Gasteiger charge is -2.22. The average molecular weight is 519 g/mol. The first-order chi connectivity index (χ1) is 17.4. The van der Waals surface area contributed by atoms with E-state index in [0.29, 0.717) is 10.1 Å². The number of rotatable bonds is 6. The summed E-state index contributed by atoms with van der Waals surface area (Å²) in [6, 6.07) is 15.8. The number of amides is 1. The molecule has 0 bridgehead atoms. The second-order valence-corrected chi connectivity index (χ2v) is 10.2. The molecule has 1 atom stereocenters. The van der Waals surface area contributed by atoms with Gasteiger partial charge in [0.05, 0.1) is 5.57 Å². The number of carbonyl (C=O) groups is 2.